The Morgan fingerprint density at radius 2 is 2.06 bits per heavy atom. The van der Waals surface area contributed by atoms with Gasteiger partial charge in [0.25, 0.3) is 0 Å². The van der Waals surface area contributed by atoms with E-state index >= 15 is 0 Å². The van der Waals surface area contributed by atoms with Gasteiger partial charge in [-0.05, 0) is 54.4 Å². The molecule has 5 heteroatoms. The molecule has 0 saturated heterocycles. The van der Waals surface area contributed by atoms with E-state index in [1.165, 1.54) is 5.56 Å². The molecule has 0 bridgehead atoms. The first-order valence-corrected chi connectivity index (χ1v) is 6.15. The van der Waals surface area contributed by atoms with Crippen molar-refractivity contribution in [2.24, 2.45) is 5.73 Å². The fourth-order valence-corrected chi connectivity index (χ4v) is 1.90. The minimum absolute atomic E-state index is 0.478. The molecular formula is C12H15BrN4. The van der Waals surface area contributed by atoms with Crippen LogP contribution in [-0.4, -0.2) is 15.0 Å². The molecule has 0 saturated carbocycles. The predicted molar refractivity (Wildman–Crippen MR) is 71.0 cm³/mol. The first-order chi connectivity index (χ1) is 7.88. The van der Waals surface area contributed by atoms with E-state index in [0.29, 0.717) is 0 Å². The minimum atomic E-state index is -0.478. The van der Waals surface area contributed by atoms with Gasteiger partial charge in [-0.3, -0.25) is 0 Å². The molecule has 4 nitrogen and oxygen atoms in total. The fraction of sp³-hybridized carbons (Fsp3) is 0.333. The van der Waals surface area contributed by atoms with Crippen molar-refractivity contribution in [3.63, 3.8) is 0 Å². The van der Waals surface area contributed by atoms with Crippen molar-refractivity contribution < 1.29 is 0 Å². The summed E-state index contributed by atoms with van der Waals surface area (Å²) in [5.74, 6) is 0. The van der Waals surface area contributed by atoms with Crippen molar-refractivity contribution in [3.05, 3.63) is 40.1 Å². The molecule has 0 aliphatic carbocycles. The molecule has 0 unspecified atom stereocenters. The van der Waals surface area contributed by atoms with Crippen LogP contribution in [0.5, 0.6) is 0 Å². The average molecular weight is 295 g/mol. The number of hydrogen-bond donors (Lipinski definition) is 1. The van der Waals surface area contributed by atoms with Crippen LogP contribution < -0.4 is 5.73 Å². The van der Waals surface area contributed by atoms with Crippen LogP contribution in [0.4, 0.5) is 0 Å². The summed E-state index contributed by atoms with van der Waals surface area (Å²) in [7, 11) is 0. The van der Waals surface area contributed by atoms with E-state index in [9.17, 15) is 0 Å². The van der Waals surface area contributed by atoms with E-state index in [0.717, 1.165) is 15.9 Å². The summed E-state index contributed by atoms with van der Waals surface area (Å²) in [5.41, 5.74) is 8.42. The van der Waals surface area contributed by atoms with Crippen LogP contribution in [0.25, 0.3) is 5.69 Å². The van der Waals surface area contributed by atoms with Gasteiger partial charge in [0, 0.05) is 4.47 Å². The maximum absolute atomic E-state index is 5.99. The zero-order chi connectivity index (χ0) is 12.6. The third-order valence-electron chi connectivity index (χ3n) is 2.50. The molecule has 2 rings (SSSR count). The molecule has 0 amide bonds. The monoisotopic (exact) mass is 294 g/mol. The zero-order valence-electron chi connectivity index (χ0n) is 10.1. The Bertz CT molecular complexity index is 540. The summed E-state index contributed by atoms with van der Waals surface area (Å²) in [5, 5.41) is 8.21. The smallest absolute Gasteiger partial charge is 0.102 e. The first kappa shape index (κ1) is 12.3. The molecule has 2 N–H and O–H groups in total. The molecule has 90 valence electrons. The van der Waals surface area contributed by atoms with Gasteiger partial charge in [0.2, 0.25) is 0 Å². The second-order valence-corrected chi connectivity index (χ2v) is 5.58. The van der Waals surface area contributed by atoms with Crippen LogP contribution >= 0.6 is 15.9 Å². The van der Waals surface area contributed by atoms with Crippen LogP contribution in [0.15, 0.2) is 28.9 Å². The minimum Gasteiger partial charge on any atom is -0.320 e. The van der Waals surface area contributed by atoms with Gasteiger partial charge in [-0.15, -0.1) is 5.10 Å². The molecule has 1 heterocycles. The SMILES string of the molecule is Cc1ccc(Br)c(-n2cc(C(C)(C)N)nn2)c1. The summed E-state index contributed by atoms with van der Waals surface area (Å²) < 4.78 is 2.72. The van der Waals surface area contributed by atoms with Crippen LogP contribution in [0.2, 0.25) is 0 Å². The van der Waals surface area contributed by atoms with Gasteiger partial charge >= 0.3 is 0 Å². The molecule has 0 atom stereocenters. The van der Waals surface area contributed by atoms with Crippen molar-refractivity contribution in [1.29, 1.82) is 0 Å². The Morgan fingerprint density at radius 3 is 2.65 bits per heavy atom. The van der Waals surface area contributed by atoms with E-state index in [-0.39, 0.29) is 0 Å². The Morgan fingerprint density at radius 1 is 1.35 bits per heavy atom. The van der Waals surface area contributed by atoms with Crippen molar-refractivity contribution in [2.45, 2.75) is 26.3 Å². The Hall–Kier alpha value is -1.20. The summed E-state index contributed by atoms with van der Waals surface area (Å²) in [6.45, 7) is 5.86. The summed E-state index contributed by atoms with van der Waals surface area (Å²) in [4.78, 5) is 0. The Balaban J connectivity index is 2.47. The molecule has 0 aliphatic heterocycles. The lowest BCUT2D eigenvalue weighted by Crippen LogP contribution is -2.29. The van der Waals surface area contributed by atoms with Crippen LogP contribution in [-0.2, 0) is 5.54 Å². The van der Waals surface area contributed by atoms with E-state index < -0.39 is 5.54 Å². The van der Waals surface area contributed by atoms with Gasteiger partial charge < -0.3 is 5.73 Å². The highest BCUT2D eigenvalue weighted by atomic mass is 79.9. The quantitative estimate of drug-likeness (QED) is 0.926. The predicted octanol–water partition coefficient (Wildman–Crippen LogP) is 2.53. The normalized spacial score (nSPS) is 11.8. The molecule has 2 aromatic rings. The first-order valence-electron chi connectivity index (χ1n) is 5.36. The van der Waals surface area contributed by atoms with Gasteiger partial charge in [-0.2, -0.15) is 0 Å². The number of halogens is 1. The Kier molecular flexibility index (Phi) is 3.05. The third kappa shape index (κ3) is 2.56. The highest BCUT2D eigenvalue weighted by molar-refractivity contribution is 9.10. The van der Waals surface area contributed by atoms with Crippen molar-refractivity contribution >= 4 is 15.9 Å². The summed E-state index contributed by atoms with van der Waals surface area (Å²) in [6, 6.07) is 6.09. The van der Waals surface area contributed by atoms with Crippen molar-refractivity contribution in [3.8, 4) is 5.69 Å². The molecule has 0 spiro atoms. The number of benzene rings is 1. The van der Waals surface area contributed by atoms with Crippen LogP contribution in [0.1, 0.15) is 25.1 Å². The van der Waals surface area contributed by atoms with Gasteiger partial charge in [-0.25, -0.2) is 4.68 Å². The lowest BCUT2D eigenvalue weighted by atomic mass is 10.0. The third-order valence-corrected chi connectivity index (χ3v) is 3.17. The van der Waals surface area contributed by atoms with Crippen LogP contribution in [0.3, 0.4) is 0 Å². The number of aryl methyl sites for hydroxylation is 1. The van der Waals surface area contributed by atoms with Gasteiger partial charge in [0.1, 0.15) is 5.69 Å². The van der Waals surface area contributed by atoms with Crippen molar-refractivity contribution in [1.82, 2.24) is 15.0 Å². The van der Waals surface area contributed by atoms with Crippen LogP contribution in [0, 0.1) is 6.92 Å². The van der Waals surface area contributed by atoms with E-state index in [4.69, 9.17) is 5.73 Å². The lowest BCUT2D eigenvalue weighted by Gasteiger charge is -2.13. The van der Waals surface area contributed by atoms with E-state index in [1.54, 1.807) is 4.68 Å². The lowest BCUT2D eigenvalue weighted by molar-refractivity contribution is 0.533. The number of nitrogens with two attached hydrogens (primary N) is 1. The number of aromatic nitrogens is 3. The van der Waals surface area contributed by atoms with E-state index in [1.807, 2.05) is 45.2 Å². The van der Waals surface area contributed by atoms with Gasteiger partial charge in [0.05, 0.1) is 17.4 Å². The average Bonchev–Trinajstić information content (AvgIpc) is 2.70. The van der Waals surface area contributed by atoms with E-state index in [2.05, 4.69) is 26.2 Å². The molecule has 1 aromatic carbocycles. The van der Waals surface area contributed by atoms with Crippen molar-refractivity contribution in [2.75, 3.05) is 0 Å². The fourth-order valence-electron chi connectivity index (χ4n) is 1.48. The number of rotatable bonds is 2. The molecule has 0 fully saturated rings. The summed E-state index contributed by atoms with van der Waals surface area (Å²) in [6.07, 6.45) is 1.86. The van der Waals surface area contributed by atoms with Gasteiger partial charge in [0.15, 0.2) is 0 Å². The highest BCUT2D eigenvalue weighted by Crippen LogP contribution is 2.23. The topological polar surface area (TPSA) is 56.7 Å². The number of nitrogens with zero attached hydrogens (tertiary/aromatic N) is 3. The number of hydrogen-bond acceptors (Lipinski definition) is 3. The molecular weight excluding hydrogens is 280 g/mol. The Labute approximate surface area is 109 Å². The van der Waals surface area contributed by atoms with Gasteiger partial charge in [-0.1, -0.05) is 11.3 Å². The highest BCUT2D eigenvalue weighted by Gasteiger charge is 2.19. The molecule has 0 radical (unpaired) electrons. The zero-order valence-corrected chi connectivity index (χ0v) is 11.7. The second kappa shape index (κ2) is 4.23. The molecule has 17 heavy (non-hydrogen) atoms. The second-order valence-electron chi connectivity index (χ2n) is 4.72. The maximum atomic E-state index is 5.99. The largest absolute Gasteiger partial charge is 0.320 e. The maximum Gasteiger partial charge on any atom is 0.102 e. The molecule has 1 aromatic heterocycles. The summed E-state index contributed by atoms with van der Waals surface area (Å²) >= 11 is 3.51. The standard InChI is InChI=1S/C12H15BrN4/c1-8-4-5-9(13)10(6-8)17-7-11(15-16-17)12(2,3)14/h4-7H,14H2,1-3H3. The molecule has 0 aliphatic rings.